The third-order valence-corrected chi connectivity index (χ3v) is 4.02. The van der Waals surface area contributed by atoms with Crippen LogP contribution in [-0.4, -0.2) is 55.1 Å². The van der Waals surface area contributed by atoms with Crippen LogP contribution in [0.4, 0.5) is 32.0 Å². The molecule has 0 bridgehead atoms. The molecule has 2 rings (SSSR count). The Balaban J connectivity index is 1.92. The fourth-order valence-corrected chi connectivity index (χ4v) is 2.36. The smallest absolute Gasteiger partial charge is 0.431 e. The van der Waals surface area contributed by atoms with Gasteiger partial charge in [-0.15, -0.1) is 0 Å². The van der Waals surface area contributed by atoms with Crippen LogP contribution < -0.4 is 21.1 Å². The van der Waals surface area contributed by atoms with E-state index < -0.39 is 42.0 Å². The number of aliphatic imine (C=N–C) groups is 1. The Kier molecular flexibility index (Phi) is 9.19. The van der Waals surface area contributed by atoms with E-state index in [2.05, 4.69) is 25.3 Å². The highest BCUT2D eigenvalue weighted by atomic mass is 19.4. The van der Waals surface area contributed by atoms with Crippen LogP contribution >= 0.6 is 0 Å². The number of halogens is 6. The van der Waals surface area contributed by atoms with E-state index in [4.69, 9.17) is 5.73 Å². The number of nitrogens with two attached hydrogens (primary N) is 1. The van der Waals surface area contributed by atoms with Gasteiger partial charge in [-0.05, 0) is 18.2 Å². The Hall–Kier alpha value is -4.10. The summed E-state index contributed by atoms with van der Waals surface area (Å²) in [6.45, 7) is -2.00. The van der Waals surface area contributed by atoms with Crippen LogP contribution in [0.15, 0.2) is 64.9 Å². The number of alkyl halides is 6. The standard InChI is InChI=1S/C21H19F6N5O3/c22-20(23,24)12-35-16-7-6-13(10-32-16)18(33)29-8-9-30-19(34)15(17(28)21(25,26)27)11-31-14-4-2-1-3-5-14/h1-7,10-11H,8-9,12,28H2,(H,29,33)(H,30,34). The summed E-state index contributed by atoms with van der Waals surface area (Å²) in [5.74, 6) is -2.20. The lowest BCUT2D eigenvalue weighted by Crippen LogP contribution is -2.37. The maximum Gasteiger partial charge on any atom is 0.431 e. The van der Waals surface area contributed by atoms with E-state index in [0.717, 1.165) is 18.3 Å². The lowest BCUT2D eigenvalue weighted by atomic mass is 10.2. The maximum atomic E-state index is 13.1. The van der Waals surface area contributed by atoms with Crippen LogP contribution in [-0.2, 0) is 4.79 Å². The van der Waals surface area contributed by atoms with Gasteiger partial charge < -0.3 is 21.1 Å². The number of rotatable bonds is 9. The highest BCUT2D eigenvalue weighted by Crippen LogP contribution is 2.24. The van der Waals surface area contributed by atoms with Gasteiger partial charge in [-0.3, -0.25) is 14.6 Å². The van der Waals surface area contributed by atoms with E-state index in [0.29, 0.717) is 11.9 Å². The third-order valence-electron chi connectivity index (χ3n) is 4.02. The quantitative estimate of drug-likeness (QED) is 0.210. The molecule has 0 radical (unpaired) electrons. The van der Waals surface area contributed by atoms with Crippen molar-refractivity contribution >= 4 is 23.7 Å². The zero-order valence-electron chi connectivity index (χ0n) is 17.8. The van der Waals surface area contributed by atoms with Crippen LogP contribution in [0.5, 0.6) is 5.88 Å². The first-order valence-corrected chi connectivity index (χ1v) is 9.75. The van der Waals surface area contributed by atoms with Crippen molar-refractivity contribution in [2.75, 3.05) is 19.7 Å². The van der Waals surface area contributed by atoms with Crippen molar-refractivity contribution in [3.63, 3.8) is 0 Å². The molecular formula is C21H19F6N5O3. The van der Waals surface area contributed by atoms with Crippen molar-refractivity contribution in [1.29, 1.82) is 0 Å². The molecular weight excluding hydrogens is 484 g/mol. The van der Waals surface area contributed by atoms with Gasteiger partial charge in [-0.1, -0.05) is 18.2 Å². The van der Waals surface area contributed by atoms with Crippen molar-refractivity contribution < 1.29 is 40.7 Å². The summed E-state index contributed by atoms with van der Waals surface area (Å²) in [6.07, 6.45) is -7.85. The first-order valence-electron chi connectivity index (χ1n) is 9.75. The van der Waals surface area contributed by atoms with Gasteiger partial charge in [0, 0.05) is 31.6 Å². The zero-order chi connectivity index (χ0) is 26.1. The van der Waals surface area contributed by atoms with E-state index in [1.54, 1.807) is 18.2 Å². The van der Waals surface area contributed by atoms with Crippen molar-refractivity contribution in [3.05, 3.63) is 65.5 Å². The molecule has 0 spiro atoms. The molecule has 1 aromatic heterocycles. The number of hydrogen-bond acceptors (Lipinski definition) is 6. The monoisotopic (exact) mass is 503 g/mol. The minimum Gasteiger partial charge on any atom is -0.468 e. The van der Waals surface area contributed by atoms with E-state index in [9.17, 15) is 35.9 Å². The number of pyridine rings is 1. The second-order valence-electron chi connectivity index (χ2n) is 6.72. The second kappa shape index (κ2) is 11.9. The van der Waals surface area contributed by atoms with Crippen LogP contribution in [0.1, 0.15) is 10.4 Å². The highest BCUT2D eigenvalue weighted by Gasteiger charge is 2.35. The van der Waals surface area contributed by atoms with Gasteiger partial charge in [-0.2, -0.15) is 26.3 Å². The molecule has 0 aliphatic carbocycles. The molecule has 0 fully saturated rings. The number of para-hydroxylation sites is 1. The molecule has 0 aliphatic heterocycles. The van der Waals surface area contributed by atoms with Crippen LogP contribution in [0, 0.1) is 0 Å². The number of carbonyl (C=O) groups excluding carboxylic acids is 2. The van der Waals surface area contributed by atoms with Gasteiger partial charge in [0.25, 0.3) is 11.8 Å². The molecule has 1 heterocycles. The zero-order valence-corrected chi connectivity index (χ0v) is 17.8. The molecule has 1 aromatic carbocycles. The van der Waals surface area contributed by atoms with Gasteiger partial charge in [0.2, 0.25) is 5.88 Å². The minimum absolute atomic E-state index is 0.0208. The van der Waals surface area contributed by atoms with Gasteiger partial charge in [0.1, 0.15) is 5.70 Å². The molecule has 0 unspecified atom stereocenters. The number of hydrogen-bond donors (Lipinski definition) is 3. The molecule has 4 N–H and O–H groups in total. The summed E-state index contributed by atoms with van der Waals surface area (Å²) in [4.78, 5) is 31.7. The molecule has 0 atom stereocenters. The van der Waals surface area contributed by atoms with Gasteiger partial charge >= 0.3 is 12.4 Å². The molecule has 188 valence electrons. The number of nitrogens with one attached hydrogen (secondary N) is 2. The topological polar surface area (TPSA) is 119 Å². The first-order chi connectivity index (χ1) is 16.4. The lowest BCUT2D eigenvalue weighted by molar-refractivity contribution is -0.154. The van der Waals surface area contributed by atoms with Crippen molar-refractivity contribution in [2.24, 2.45) is 10.7 Å². The molecule has 14 heteroatoms. The van der Waals surface area contributed by atoms with Crippen molar-refractivity contribution in [2.45, 2.75) is 12.4 Å². The predicted octanol–water partition coefficient (Wildman–Crippen LogP) is 3.05. The normalized spacial score (nSPS) is 12.7. The summed E-state index contributed by atoms with van der Waals surface area (Å²) in [5.41, 5.74) is 2.82. The summed E-state index contributed by atoms with van der Waals surface area (Å²) in [6, 6.07) is 10.1. The first kappa shape index (κ1) is 27.1. The summed E-state index contributed by atoms with van der Waals surface area (Å²) >= 11 is 0. The number of nitrogens with zero attached hydrogens (tertiary/aromatic N) is 2. The summed E-state index contributed by atoms with van der Waals surface area (Å²) < 4.78 is 80.0. The Morgan fingerprint density at radius 2 is 1.66 bits per heavy atom. The van der Waals surface area contributed by atoms with Gasteiger partial charge in [0.15, 0.2) is 6.61 Å². The Morgan fingerprint density at radius 3 is 2.23 bits per heavy atom. The average molecular weight is 503 g/mol. The highest BCUT2D eigenvalue weighted by molar-refractivity contribution is 6.13. The Morgan fingerprint density at radius 1 is 1.00 bits per heavy atom. The lowest BCUT2D eigenvalue weighted by Gasteiger charge is -2.12. The SMILES string of the molecule is NC(=C(C=Nc1ccccc1)C(=O)NCCNC(=O)c1ccc(OCC(F)(F)F)nc1)C(F)(F)F. The minimum atomic E-state index is -4.98. The van der Waals surface area contributed by atoms with E-state index >= 15 is 0 Å². The summed E-state index contributed by atoms with van der Waals surface area (Å²) in [5, 5.41) is 4.56. The number of benzene rings is 1. The number of carbonyl (C=O) groups is 2. The second-order valence-corrected chi connectivity index (χ2v) is 6.72. The number of allylic oxidation sites excluding steroid dienone is 1. The predicted molar refractivity (Wildman–Crippen MR) is 113 cm³/mol. The Labute approximate surface area is 194 Å². The molecule has 0 saturated heterocycles. The summed E-state index contributed by atoms with van der Waals surface area (Å²) in [7, 11) is 0. The van der Waals surface area contributed by atoms with Crippen molar-refractivity contribution in [3.8, 4) is 5.88 Å². The van der Waals surface area contributed by atoms with Crippen LogP contribution in [0.3, 0.4) is 0 Å². The fraction of sp³-hybridized carbons (Fsp3) is 0.238. The van der Waals surface area contributed by atoms with Crippen molar-refractivity contribution in [1.82, 2.24) is 15.6 Å². The molecule has 0 saturated carbocycles. The largest absolute Gasteiger partial charge is 0.468 e. The molecule has 8 nitrogen and oxygen atoms in total. The Bertz CT molecular complexity index is 1070. The van der Waals surface area contributed by atoms with Gasteiger partial charge in [0.05, 0.1) is 16.8 Å². The van der Waals surface area contributed by atoms with Gasteiger partial charge in [-0.25, -0.2) is 4.98 Å². The average Bonchev–Trinajstić information content (AvgIpc) is 2.80. The van der Waals surface area contributed by atoms with E-state index in [-0.39, 0.29) is 24.5 Å². The number of ether oxygens (including phenoxy) is 1. The third kappa shape index (κ3) is 9.35. The molecule has 2 aromatic rings. The van der Waals surface area contributed by atoms with E-state index in [1.807, 2.05) is 0 Å². The van der Waals surface area contributed by atoms with Crippen LogP contribution in [0.2, 0.25) is 0 Å². The molecule has 0 aliphatic rings. The molecule has 35 heavy (non-hydrogen) atoms. The maximum absolute atomic E-state index is 13.1. The number of amides is 2. The number of aromatic nitrogens is 1. The van der Waals surface area contributed by atoms with E-state index in [1.165, 1.54) is 12.1 Å². The fourth-order valence-electron chi connectivity index (χ4n) is 2.36. The van der Waals surface area contributed by atoms with Crippen LogP contribution in [0.25, 0.3) is 0 Å². The molecule has 2 amide bonds.